The summed E-state index contributed by atoms with van der Waals surface area (Å²) in [5.74, 6) is -1.20. The molecule has 0 bridgehead atoms. The predicted octanol–water partition coefficient (Wildman–Crippen LogP) is 4.35. The molecular weight excluding hydrogens is 340 g/mol. The van der Waals surface area contributed by atoms with Gasteiger partial charge in [0.05, 0.1) is 12.7 Å². The Balaban J connectivity index is 1.74. The van der Waals surface area contributed by atoms with Crippen molar-refractivity contribution in [2.45, 2.75) is 12.5 Å². The number of benzene rings is 3. The summed E-state index contributed by atoms with van der Waals surface area (Å²) in [6.07, 6.45) is 0. The fraction of sp³-hybridized carbons (Fsp3) is 0.130. The molecule has 0 spiro atoms. The molecule has 0 aliphatic heterocycles. The molecule has 27 heavy (non-hydrogen) atoms. The van der Waals surface area contributed by atoms with Crippen molar-refractivity contribution in [3.63, 3.8) is 0 Å². The van der Waals surface area contributed by atoms with Crippen LogP contribution in [0, 0.1) is 0 Å². The van der Waals surface area contributed by atoms with Crippen LogP contribution >= 0.6 is 0 Å². The Morgan fingerprint density at radius 1 is 0.778 bits per heavy atom. The zero-order valence-electron chi connectivity index (χ0n) is 15.0. The second-order valence-electron chi connectivity index (χ2n) is 6.05. The number of hydrogen-bond acceptors (Lipinski definition) is 4. The molecule has 0 aliphatic carbocycles. The largest absolute Gasteiger partial charge is 0.465 e. The standard InChI is InChI=1S/C23H20O4/c1-26-22(24)20-14-12-17(13-15-20)16-27-23(25)21(18-8-4-2-5-9-18)19-10-6-3-7-11-19/h2-15,21H,16H2,1H3. The van der Waals surface area contributed by atoms with Crippen molar-refractivity contribution in [1.82, 2.24) is 0 Å². The molecule has 0 unspecified atom stereocenters. The Hall–Kier alpha value is -3.40. The lowest BCUT2D eigenvalue weighted by molar-refractivity contribution is -0.145. The van der Waals surface area contributed by atoms with E-state index >= 15 is 0 Å². The van der Waals surface area contributed by atoms with Crippen molar-refractivity contribution in [2.75, 3.05) is 7.11 Å². The van der Waals surface area contributed by atoms with E-state index in [1.54, 1.807) is 24.3 Å². The normalized spacial score (nSPS) is 10.4. The van der Waals surface area contributed by atoms with E-state index in [0.717, 1.165) is 16.7 Å². The van der Waals surface area contributed by atoms with Crippen molar-refractivity contribution >= 4 is 11.9 Å². The molecule has 0 aliphatic rings. The molecule has 0 saturated heterocycles. The number of carbonyl (C=O) groups excluding carboxylic acids is 2. The van der Waals surface area contributed by atoms with E-state index in [1.165, 1.54) is 7.11 Å². The molecule has 136 valence electrons. The molecule has 0 fully saturated rings. The summed E-state index contributed by atoms with van der Waals surface area (Å²) in [6.45, 7) is 0.135. The summed E-state index contributed by atoms with van der Waals surface area (Å²) in [5.41, 5.74) is 3.03. The highest BCUT2D eigenvalue weighted by Gasteiger charge is 2.24. The lowest BCUT2D eigenvalue weighted by Crippen LogP contribution is -2.17. The van der Waals surface area contributed by atoms with Gasteiger partial charge < -0.3 is 9.47 Å². The van der Waals surface area contributed by atoms with E-state index in [0.29, 0.717) is 5.56 Å². The van der Waals surface area contributed by atoms with Gasteiger partial charge in [-0.15, -0.1) is 0 Å². The van der Waals surface area contributed by atoms with Crippen LogP contribution in [-0.4, -0.2) is 19.0 Å². The molecule has 0 N–H and O–H groups in total. The minimum absolute atomic E-state index is 0.135. The maximum absolute atomic E-state index is 12.8. The third kappa shape index (κ3) is 4.61. The van der Waals surface area contributed by atoms with Gasteiger partial charge in [0.2, 0.25) is 0 Å². The molecule has 4 heteroatoms. The van der Waals surface area contributed by atoms with Gasteiger partial charge in [0.15, 0.2) is 0 Å². The highest BCUT2D eigenvalue weighted by atomic mass is 16.5. The summed E-state index contributed by atoms with van der Waals surface area (Å²) < 4.78 is 10.3. The molecule has 0 aromatic heterocycles. The van der Waals surface area contributed by atoms with E-state index in [2.05, 4.69) is 4.74 Å². The first-order chi connectivity index (χ1) is 13.2. The van der Waals surface area contributed by atoms with Crippen molar-refractivity contribution in [3.8, 4) is 0 Å². The molecule has 4 nitrogen and oxygen atoms in total. The molecule has 3 aromatic carbocycles. The van der Waals surface area contributed by atoms with Crippen LogP contribution in [0.15, 0.2) is 84.9 Å². The quantitative estimate of drug-likeness (QED) is 0.613. The summed E-state index contributed by atoms with van der Waals surface area (Å²) in [7, 11) is 1.34. The Bertz CT molecular complexity index is 847. The lowest BCUT2D eigenvalue weighted by Gasteiger charge is -2.17. The summed E-state index contributed by atoms with van der Waals surface area (Å²) >= 11 is 0. The molecule has 0 radical (unpaired) electrons. The fourth-order valence-electron chi connectivity index (χ4n) is 2.85. The van der Waals surface area contributed by atoms with Crippen LogP contribution in [0.2, 0.25) is 0 Å². The van der Waals surface area contributed by atoms with E-state index in [1.807, 2.05) is 60.7 Å². The second kappa shape index (κ2) is 8.81. The molecule has 0 heterocycles. The van der Waals surface area contributed by atoms with E-state index in [9.17, 15) is 9.59 Å². The van der Waals surface area contributed by atoms with Gasteiger partial charge >= 0.3 is 11.9 Å². The molecule has 0 amide bonds. The van der Waals surface area contributed by atoms with Gasteiger partial charge in [-0.3, -0.25) is 4.79 Å². The minimum atomic E-state index is -0.484. The summed E-state index contributed by atoms with van der Waals surface area (Å²) in [6, 6.07) is 25.9. The Morgan fingerprint density at radius 2 is 1.30 bits per heavy atom. The van der Waals surface area contributed by atoms with Gasteiger partial charge in [0.1, 0.15) is 12.5 Å². The first kappa shape index (κ1) is 18.4. The smallest absolute Gasteiger partial charge is 0.337 e. The van der Waals surface area contributed by atoms with Crippen LogP contribution in [0.1, 0.15) is 33.0 Å². The van der Waals surface area contributed by atoms with Gasteiger partial charge in [-0.1, -0.05) is 72.8 Å². The number of carbonyl (C=O) groups is 2. The SMILES string of the molecule is COC(=O)c1ccc(COC(=O)C(c2ccccc2)c2ccccc2)cc1. The Labute approximate surface area is 158 Å². The third-order valence-corrected chi connectivity index (χ3v) is 4.26. The van der Waals surface area contributed by atoms with Crippen molar-refractivity contribution in [2.24, 2.45) is 0 Å². The molecular formula is C23H20O4. The monoisotopic (exact) mass is 360 g/mol. The number of rotatable bonds is 6. The average molecular weight is 360 g/mol. The van der Waals surface area contributed by atoms with Gasteiger partial charge in [-0.25, -0.2) is 4.79 Å². The van der Waals surface area contributed by atoms with Crippen LogP contribution in [-0.2, 0) is 20.9 Å². The summed E-state index contributed by atoms with van der Waals surface area (Å²) in [4.78, 5) is 24.3. The lowest BCUT2D eigenvalue weighted by atomic mass is 9.91. The minimum Gasteiger partial charge on any atom is -0.465 e. The highest BCUT2D eigenvalue weighted by molar-refractivity contribution is 5.89. The Morgan fingerprint density at radius 3 is 1.78 bits per heavy atom. The average Bonchev–Trinajstić information content (AvgIpc) is 2.74. The van der Waals surface area contributed by atoms with E-state index in [4.69, 9.17) is 4.74 Å². The van der Waals surface area contributed by atoms with E-state index < -0.39 is 11.9 Å². The fourth-order valence-corrected chi connectivity index (χ4v) is 2.85. The highest BCUT2D eigenvalue weighted by Crippen LogP contribution is 2.26. The van der Waals surface area contributed by atoms with Gasteiger partial charge in [-0.2, -0.15) is 0 Å². The summed E-state index contributed by atoms with van der Waals surface area (Å²) in [5, 5.41) is 0. The van der Waals surface area contributed by atoms with Gasteiger partial charge in [0.25, 0.3) is 0 Å². The molecule has 0 atom stereocenters. The van der Waals surface area contributed by atoms with Crippen LogP contribution in [0.3, 0.4) is 0 Å². The number of esters is 2. The number of hydrogen-bond donors (Lipinski definition) is 0. The van der Waals surface area contributed by atoms with Crippen molar-refractivity contribution in [3.05, 3.63) is 107 Å². The first-order valence-electron chi connectivity index (χ1n) is 8.63. The molecule has 3 rings (SSSR count). The van der Waals surface area contributed by atoms with Crippen molar-refractivity contribution in [1.29, 1.82) is 0 Å². The van der Waals surface area contributed by atoms with Crippen LogP contribution < -0.4 is 0 Å². The zero-order chi connectivity index (χ0) is 19.1. The topological polar surface area (TPSA) is 52.6 Å². The van der Waals surface area contributed by atoms with Gasteiger partial charge in [-0.05, 0) is 28.8 Å². The zero-order valence-corrected chi connectivity index (χ0v) is 15.0. The number of methoxy groups -OCH3 is 1. The predicted molar refractivity (Wildman–Crippen MR) is 102 cm³/mol. The molecule has 3 aromatic rings. The molecule has 0 saturated carbocycles. The van der Waals surface area contributed by atoms with Crippen LogP contribution in [0.25, 0.3) is 0 Å². The van der Waals surface area contributed by atoms with E-state index in [-0.39, 0.29) is 12.6 Å². The maximum Gasteiger partial charge on any atom is 0.337 e. The van der Waals surface area contributed by atoms with Crippen LogP contribution in [0.5, 0.6) is 0 Å². The third-order valence-electron chi connectivity index (χ3n) is 4.26. The number of ether oxygens (including phenoxy) is 2. The van der Waals surface area contributed by atoms with Gasteiger partial charge in [0, 0.05) is 0 Å². The van der Waals surface area contributed by atoms with Crippen molar-refractivity contribution < 1.29 is 19.1 Å². The van der Waals surface area contributed by atoms with Crippen LogP contribution in [0.4, 0.5) is 0 Å². The Kier molecular flexibility index (Phi) is 6.00. The first-order valence-corrected chi connectivity index (χ1v) is 8.63. The second-order valence-corrected chi connectivity index (χ2v) is 6.05. The maximum atomic E-state index is 12.8.